The lowest BCUT2D eigenvalue weighted by Crippen LogP contribution is -2.45. The van der Waals surface area contributed by atoms with E-state index in [1.807, 2.05) is 12.1 Å². The van der Waals surface area contributed by atoms with Gasteiger partial charge >= 0.3 is 0 Å². The zero-order valence-electron chi connectivity index (χ0n) is 14.9. The average molecular weight is 410 g/mol. The van der Waals surface area contributed by atoms with Gasteiger partial charge < -0.3 is 15.5 Å². The molecule has 1 heterocycles. The molecule has 2 amide bonds. The molecule has 1 saturated heterocycles. The second kappa shape index (κ2) is 10.6. The van der Waals surface area contributed by atoms with Crippen molar-refractivity contribution in [1.82, 2.24) is 15.5 Å². The summed E-state index contributed by atoms with van der Waals surface area (Å²) in [6.07, 6.45) is 6.18. The normalized spacial score (nSPS) is 16.7. The predicted octanol–water partition coefficient (Wildman–Crippen LogP) is 2.95. The van der Waals surface area contributed by atoms with Crippen LogP contribution in [-0.2, 0) is 4.79 Å². The van der Waals surface area contributed by atoms with Crippen LogP contribution >= 0.6 is 15.9 Å². The summed E-state index contributed by atoms with van der Waals surface area (Å²) in [5.41, 5.74) is 0.545. The number of carbonyl (C=O) groups excluding carboxylic acids is 2. The molecule has 0 bridgehead atoms. The highest BCUT2D eigenvalue weighted by atomic mass is 79.9. The van der Waals surface area contributed by atoms with Gasteiger partial charge in [0.15, 0.2) is 0 Å². The van der Waals surface area contributed by atoms with Crippen LogP contribution in [0.25, 0.3) is 0 Å². The Balaban J connectivity index is 1.65. The van der Waals surface area contributed by atoms with Gasteiger partial charge in [-0.25, -0.2) is 0 Å². The van der Waals surface area contributed by atoms with Gasteiger partial charge in [-0.3, -0.25) is 9.59 Å². The second-order valence-electron chi connectivity index (χ2n) is 6.60. The van der Waals surface area contributed by atoms with E-state index < -0.39 is 6.04 Å². The molecule has 0 aromatic heterocycles. The van der Waals surface area contributed by atoms with E-state index in [0.29, 0.717) is 12.1 Å². The number of amides is 2. The minimum Gasteiger partial charge on any atom is -0.354 e. The van der Waals surface area contributed by atoms with Crippen LogP contribution in [0.1, 0.15) is 49.4 Å². The van der Waals surface area contributed by atoms with Gasteiger partial charge in [-0.15, -0.1) is 0 Å². The zero-order valence-corrected chi connectivity index (χ0v) is 16.5. The van der Waals surface area contributed by atoms with Crippen molar-refractivity contribution < 1.29 is 9.59 Å². The summed E-state index contributed by atoms with van der Waals surface area (Å²) in [4.78, 5) is 26.7. The minimum absolute atomic E-state index is 0.138. The Morgan fingerprint density at radius 1 is 1.12 bits per heavy atom. The molecule has 0 aliphatic carbocycles. The second-order valence-corrected chi connectivity index (χ2v) is 7.52. The van der Waals surface area contributed by atoms with Crippen molar-refractivity contribution in [2.45, 2.75) is 45.1 Å². The third-order valence-corrected chi connectivity index (χ3v) is 5.02. The zero-order chi connectivity index (χ0) is 18.1. The fourth-order valence-electron chi connectivity index (χ4n) is 2.97. The maximum absolute atomic E-state index is 12.1. The van der Waals surface area contributed by atoms with Crippen LogP contribution in [-0.4, -0.2) is 48.9 Å². The summed E-state index contributed by atoms with van der Waals surface area (Å²) in [6, 6.07) is 6.52. The van der Waals surface area contributed by atoms with E-state index in [1.54, 1.807) is 19.1 Å². The molecule has 1 unspecified atom stereocenters. The summed E-state index contributed by atoms with van der Waals surface area (Å²) in [6.45, 7) is 5.73. The topological polar surface area (TPSA) is 61.4 Å². The molecule has 1 aromatic carbocycles. The molecule has 6 heteroatoms. The van der Waals surface area contributed by atoms with Gasteiger partial charge in [-0.1, -0.05) is 28.8 Å². The number of nitrogens with zero attached hydrogens (tertiary/aromatic N) is 1. The Morgan fingerprint density at radius 2 is 1.76 bits per heavy atom. The first-order valence-corrected chi connectivity index (χ1v) is 9.92. The van der Waals surface area contributed by atoms with Crippen molar-refractivity contribution in [3.63, 3.8) is 0 Å². The van der Waals surface area contributed by atoms with Crippen LogP contribution in [0.3, 0.4) is 0 Å². The molecule has 2 rings (SSSR count). The Kier molecular flexibility index (Phi) is 8.41. The summed E-state index contributed by atoms with van der Waals surface area (Å²) in [5.74, 6) is -0.374. The number of hydrogen-bond acceptors (Lipinski definition) is 3. The molecule has 2 N–H and O–H groups in total. The van der Waals surface area contributed by atoms with Crippen molar-refractivity contribution in [3.8, 4) is 0 Å². The van der Waals surface area contributed by atoms with Crippen molar-refractivity contribution in [3.05, 3.63) is 34.3 Å². The molecule has 0 saturated carbocycles. The smallest absolute Gasteiger partial charge is 0.251 e. The van der Waals surface area contributed by atoms with E-state index in [2.05, 4.69) is 31.5 Å². The van der Waals surface area contributed by atoms with E-state index >= 15 is 0 Å². The summed E-state index contributed by atoms with van der Waals surface area (Å²) >= 11 is 3.34. The molecule has 1 atom stereocenters. The molecule has 1 aromatic rings. The van der Waals surface area contributed by atoms with Crippen molar-refractivity contribution in [1.29, 1.82) is 0 Å². The van der Waals surface area contributed by atoms with Crippen LogP contribution in [0.15, 0.2) is 28.7 Å². The molecule has 5 nitrogen and oxygen atoms in total. The van der Waals surface area contributed by atoms with E-state index in [9.17, 15) is 9.59 Å². The number of benzene rings is 1. The summed E-state index contributed by atoms with van der Waals surface area (Å²) in [5, 5.41) is 5.65. The van der Waals surface area contributed by atoms with Crippen molar-refractivity contribution >= 4 is 27.7 Å². The van der Waals surface area contributed by atoms with Crippen molar-refractivity contribution in [2.24, 2.45) is 0 Å². The maximum atomic E-state index is 12.1. The fourth-order valence-corrected chi connectivity index (χ4v) is 3.24. The van der Waals surface area contributed by atoms with Gasteiger partial charge in [-0.2, -0.15) is 0 Å². The lowest BCUT2D eigenvalue weighted by atomic mass is 10.2. The Hall–Kier alpha value is -1.40. The molecule has 1 aliphatic heterocycles. The molecule has 25 heavy (non-hydrogen) atoms. The monoisotopic (exact) mass is 409 g/mol. The molecule has 0 spiro atoms. The number of carbonyl (C=O) groups is 2. The molecule has 0 radical (unpaired) electrons. The molecular formula is C19H28BrN3O2. The van der Waals surface area contributed by atoms with Gasteiger partial charge in [-0.05, 0) is 70.1 Å². The highest BCUT2D eigenvalue weighted by Crippen LogP contribution is 2.11. The standard InChI is InChI=1S/C19H28BrN3O2/c1-15(22-19(25)16-7-9-17(20)10-8-16)18(24)21-11-6-14-23-12-4-2-3-5-13-23/h7-10,15H,2-6,11-14H2,1H3,(H,21,24)(H,22,25). The van der Waals surface area contributed by atoms with Crippen LogP contribution in [0.2, 0.25) is 0 Å². The summed E-state index contributed by atoms with van der Waals surface area (Å²) in [7, 11) is 0. The molecule has 1 aliphatic rings. The lowest BCUT2D eigenvalue weighted by Gasteiger charge is -2.20. The van der Waals surface area contributed by atoms with Gasteiger partial charge in [0.2, 0.25) is 5.91 Å². The molecular weight excluding hydrogens is 382 g/mol. The van der Waals surface area contributed by atoms with Gasteiger partial charge in [0.25, 0.3) is 5.91 Å². The van der Waals surface area contributed by atoms with E-state index in [4.69, 9.17) is 0 Å². The SMILES string of the molecule is CC(NC(=O)c1ccc(Br)cc1)C(=O)NCCCN1CCCCCC1. The highest BCUT2D eigenvalue weighted by Gasteiger charge is 2.16. The van der Waals surface area contributed by atoms with E-state index in [0.717, 1.165) is 17.4 Å². The first-order valence-electron chi connectivity index (χ1n) is 9.13. The van der Waals surface area contributed by atoms with E-state index in [-0.39, 0.29) is 11.8 Å². The predicted molar refractivity (Wildman–Crippen MR) is 104 cm³/mol. The van der Waals surface area contributed by atoms with Crippen molar-refractivity contribution in [2.75, 3.05) is 26.2 Å². The Morgan fingerprint density at radius 3 is 2.40 bits per heavy atom. The maximum Gasteiger partial charge on any atom is 0.251 e. The number of likely N-dealkylation sites (tertiary alicyclic amines) is 1. The van der Waals surface area contributed by atoms with Crippen LogP contribution < -0.4 is 10.6 Å². The highest BCUT2D eigenvalue weighted by molar-refractivity contribution is 9.10. The van der Waals surface area contributed by atoms with Crippen LogP contribution in [0.4, 0.5) is 0 Å². The van der Waals surface area contributed by atoms with Gasteiger partial charge in [0.05, 0.1) is 0 Å². The first-order chi connectivity index (χ1) is 12.1. The fraction of sp³-hybridized carbons (Fsp3) is 0.579. The van der Waals surface area contributed by atoms with Crippen LogP contribution in [0.5, 0.6) is 0 Å². The summed E-state index contributed by atoms with van der Waals surface area (Å²) < 4.78 is 0.916. The third-order valence-electron chi connectivity index (χ3n) is 4.50. The third kappa shape index (κ3) is 7.16. The largest absolute Gasteiger partial charge is 0.354 e. The number of nitrogens with one attached hydrogen (secondary N) is 2. The lowest BCUT2D eigenvalue weighted by molar-refractivity contribution is -0.122. The van der Waals surface area contributed by atoms with Gasteiger partial charge in [0, 0.05) is 16.6 Å². The quantitative estimate of drug-likeness (QED) is 0.680. The average Bonchev–Trinajstić information content (AvgIpc) is 2.87. The minimum atomic E-state index is -0.547. The Labute approximate surface area is 158 Å². The molecule has 138 valence electrons. The number of rotatable bonds is 7. The van der Waals surface area contributed by atoms with Gasteiger partial charge in [0.1, 0.15) is 6.04 Å². The number of hydrogen-bond donors (Lipinski definition) is 2. The number of halogens is 1. The molecule has 1 fully saturated rings. The Bertz CT molecular complexity index is 554. The van der Waals surface area contributed by atoms with Crippen LogP contribution in [0, 0.1) is 0 Å². The van der Waals surface area contributed by atoms with E-state index in [1.165, 1.54) is 38.8 Å². The first kappa shape index (κ1) is 19.9.